The summed E-state index contributed by atoms with van der Waals surface area (Å²) in [5, 5.41) is 12.8. The molecule has 1 aromatic carbocycles. The van der Waals surface area contributed by atoms with Crippen LogP contribution in [0.5, 0.6) is 11.5 Å². The van der Waals surface area contributed by atoms with Crippen molar-refractivity contribution in [1.29, 1.82) is 0 Å². The minimum absolute atomic E-state index is 0.0705. The number of aromatic nitrogens is 1. The molecule has 192 valence electrons. The molecule has 0 bridgehead atoms. The first-order valence-electron chi connectivity index (χ1n) is 11.9. The van der Waals surface area contributed by atoms with Crippen molar-refractivity contribution in [1.82, 2.24) is 10.3 Å². The summed E-state index contributed by atoms with van der Waals surface area (Å²) < 4.78 is 22.4. The number of nitrogens with zero attached hydrogens (tertiary/aromatic N) is 1. The van der Waals surface area contributed by atoms with Gasteiger partial charge in [0.2, 0.25) is 0 Å². The number of hydrogen-bond donors (Lipinski definition) is 2. The Labute approximate surface area is 208 Å². The van der Waals surface area contributed by atoms with E-state index in [2.05, 4.69) is 10.3 Å². The van der Waals surface area contributed by atoms with E-state index < -0.39 is 35.9 Å². The Morgan fingerprint density at radius 3 is 2.61 bits per heavy atom. The molecule has 36 heavy (non-hydrogen) atoms. The van der Waals surface area contributed by atoms with Crippen LogP contribution in [-0.4, -0.2) is 66.5 Å². The summed E-state index contributed by atoms with van der Waals surface area (Å²) in [6.45, 7) is 1.67. The lowest BCUT2D eigenvalue weighted by molar-refractivity contribution is -0.172. The highest BCUT2D eigenvalue weighted by Crippen LogP contribution is 2.33. The van der Waals surface area contributed by atoms with Crippen LogP contribution in [0, 0.1) is 11.8 Å². The number of pyridine rings is 1. The van der Waals surface area contributed by atoms with Crippen molar-refractivity contribution in [2.45, 2.75) is 44.4 Å². The monoisotopic (exact) mass is 498 g/mol. The molecule has 0 unspecified atom stereocenters. The number of methoxy groups -OCH3 is 1. The van der Waals surface area contributed by atoms with Crippen molar-refractivity contribution >= 4 is 17.8 Å². The number of benzene rings is 1. The SMILES string of the molecule is COc1ccnc(C(=O)N[C@H]2COC[C@H](Cc3ccccc3)[C@@H](OC(=O)C3CC3)[C@H](C)OC2=O)c1O. The van der Waals surface area contributed by atoms with E-state index in [0.29, 0.717) is 6.42 Å². The Bertz CT molecular complexity index is 1090. The molecular formula is C26H30N2O8. The summed E-state index contributed by atoms with van der Waals surface area (Å²) in [4.78, 5) is 42.2. The predicted molar refractivity (Wildman–Crippen MR) is 126 cm³/mol. The number of esters is 2. The van der Waals surface area contributed by atoms with E-state index in [9.17, 15) is 19.5 Å². The average Bonchev–Trinajstić information content (AvgIpc) is 3.71. The molecule has 4 atom stereocenters. The third kappa shape index (κ3) is 6.12. The first-order chi connectivity index (χ1) is 17.4. The normalized spacial score (nSPS) is 24.4. The van der Waals surface area contributed by atoms with Gasteiger partial charge in [0.1, 0.15) is 12.2 Å². The van der Waals surface area contributed by atoms with Crippen molar-refractivity contribution in [2.75, 3.05) is 20.3 Å². The van der Waals surface area contributed by atoms with Gasteiger partial charge in [0, 0.05) is 18.2 Å². The lowest BCUT2D eigenvalue weighted by atomic mass is 9.91. The zero-order chi connectivity index (χ0) is 25.7. The fourth-order valence-corrected chi connectivity index (χ4v) is 4.14. The van der Waals surface area contributed by atoms with Crippen molar-refractivity contribution < 1.29 is 38.4 Å². The van der Waals surface area contributed by atoms with Crippen molar-refractivity contribution in [2.24, 2.45) is 11.8 Å². The summed E-state index contributed by atoms with van der Waals surface area (Å²) >= 11 is 0. The third-order valence-corrected chi connectivity index (χ3v) is 6.26. The number of amides is 1. The third-order valence-electron chi connectivity index (χ3n) is 6.26. The number of hydrogen-bond acceptors (Lipinski definition) is 9. The zero-order valence-corrected chi connectivity index (χ0v) is 20.2. The molecule has 2 heterocycles. The van der Waals surface area contributed by atoms with E-state index in [0.717, 1.165) is 18.4 Å². The molecule has 1 aliphatic carbocycles. The minimum atomic E-state index is -1.16. The zero-order valence-electron chi connectivity index (χ0n) is 20.2. The van der Waals surface area contributed by atoms with E-state index in [1.165, 1.54) is 19.4 Å². The van der Waals surface area contributed by atoms with Gasteiger partial charge in [-0.2, -0.15) is 0 Å². The summed E-state index contributed by atoms with van der Waals surface area (Å²) in [6.07, 6.45) is 1.93. The summed E-state index contributed by atoms with van der Waals surface area (Å²) in [6, 6.07) is 9.95. The van der Waals surface area contributed by atoms with Crippen LogP contribution in [0.1, 0.15) is 35.8 Å². The molecule has 2 aromatic rings. The Morgan fingerprint density at radius 1 is 1.17 bits per heavy atom. The minimum Gasteiger partial charge on any atom is -0.503 e. The molecule has 1 aromatic heterocycles. The van der Waals surface area contributed by atoms with Crippen molar-refractivity contribution in [3.63, 3.8) is 0 Å². The van der Waals surface area contributed by atoms with E-state index in [1.807, 2.05) is 30.3 Å². The number of aromatic hydroxyl groups is 1. The molecule has 2 N–H and O–H groups in total. The van der Waals surface area contributed by atoms with Crippen LogP contribution in [0.4, 0.5) is 0 Å². The Balaban J connectivity index is 1.51. The molecule has 1 saturated heterocycles. The standard InChI is InChI=1S/C26H30N2O8/c1-15-23(36-25(31)17-8-9-17)18(12-16-6-4-3-5-7-16)13-34-14-19(26(32)35-15)28-24(30)21-22(29)20(33-2)10-11-27-21/h3-7,10-11,15,17-19,23,29H,8-9,12-14H2,1-2H3,(H,28,30)/t15-,18-,19-,23-/m0/s1. The maximum absolute atomic E-state index is 13.0. The molecule has 10 heteroatoms. The molecule has 2 aliphatic rings. The molecule has 4 rings (SSSR count). The van der Waals surface area contributed by atoms with Crippen LogP contribution in [0.3, 0.4) is 0 Å². The van der Waals surface area contributed by atoms with Gasteiger partial charge >= 0.3 is 11.9 Å². The Hall–Kier alpha value is -3.66. The quantitative estimate of drug-likeness (QED) is 0.550. The summed E-state index contributed by atoms with van der Waals surface area (Å²) in [7, 11) is 1.35. The van der Waals surface area contributed by atoms with E-state index >= 15 is 0 Å². The van der Waals surface area contributed by atoms with Gasteiger partial charge in [0.05, 0.1) is 26.2 Å². The van der Waals surface area contributed by atoms with Gasteiger partial charge in [-0.15, -0.1) is 0 Å². The molecule has 1 aliphatic heterocycles. The highest BCUT2D eigenvalue weighted by atomic mass is 16.6. The smallest absolute Gasteiger partial charge is 0.331 e. The van der Waals surface area contributed by atoms with E-state index in [-0.39, 0.29) is 42.5 Å². The van der Waals surface area contributed by atoms with Gasteiger partial charge in [-0.3, -0.25) is 9.59 Å². The predicted octanol–water partition coefficient (Wildman–Crippen LogP) is 2.04. The fourth-order valence-electron chi connectivity index (χ4n) is 4.14. The Morgan fingerprint density at radius 2 is 1.92 bits per heavy atom. The number of carbonyl (C=O) groups excluding carboxylic acids is 3. The number of nitrogens with one attached hydrogen (secondary N) is 1. The lowest BCUT2D eigenvalue weighted by Gasteiger charge is -2.30. The molecule has 10 nitrogen and oxygen atoms in total. The first kappa shape index (κ1) is 25.4. The van der Waals surface area contributed by atoms with Gasteiger partial charge in [-0.05, 0) is 31.7 Å². The number of carbonyl (C=O) groups is 3. The van der Waals surface area contributed by atoms with Crippen molar-refractivity contribution in [3.8, 4) is 11.5 Å². The van der Waals surface area contributed by atoms with Crippen molar-refractivity contribution in [3.05, 3.63) is 53.9 Å². The highest BCUT2D eigenvalue weighted by Gasteiger charge is 2.40. The second-order valence-corrected chi connectivity index (χ2v) is 9.04. The fraction of sp³-hybridized carbons (Fsp3) is 0.462. The number of cyclic esters (lactones) is 1. The summed E-state index contributed by atoms with van der Waals surface area (Å²) in [5.41, 5.74) is 0.731. The van der Waals surface area contributed by atoms with Gasteiger partial charge in [-0.25, -0.2) is 9.78 Å². The molecule has 0 spiro atoms. The van der Waals surface area contributed by atoms with Crippen LogP contribution in [-0.2, 0) is 30.2 Å². The topological polar surface area (TPSA) is 133 Å². The van der Waals surface area contributed by atoms with Crippen LogP contribution < -0.4 is 10.1 Å². The van der Waals surface area contributed by atoms with Crippen LogP contribution in [0.25, 0.3) is 0 Å². The molecule has 1 amide bonds. The van der Waals surface area contributed by atoms with Crippen LogP contribution in [0.2, 0.25) is 0 Å². The molecule has 1 saturated carbocycles. The largest absolute Gasteiger partial charge is 0.503 e. The Kier molecular flexibility index (Phi) is 8.04. The maximum Gasteiger partial charge on any atom is 0.331 e. The van der Waals surface area contributed by atoms with Gasteiger partial charge in [0.15, 0.2) is 23.2 Å². The van der Waals surface area contributed by atoms with Gasteiger partial charge in [0.25, 0.3) is 5.91 Å². The van der Waals surface area contributed by atoms with Crippen LogP contribution in [0.15, 0.2) is 42.6 Å². The van der Waals surface area contributed by atoms with E-state index in [1.54, 1.807) is 6.92 Å². The van der Waals surface area contributed by atoms with Gasteiger partial charge < -0.3 is 29.4 Å². The highest BCUT2D eigenvalue weighted by molar-refractivity contribution is 5.98. The first-order valence-corrected chi connectivity index (χ1v) is 11.9. The van der Waals surface area contributed by atoms with Crippen LogP contribution >= 0.6 is 0 Å². The molecular weight excluding hydrogens is 468 g/mol. The molecule has 2 fully saturated rings. The maximum atomic E-state index is 13.0. The second-order valence-electron chi connectivity index (χ2n) is 9.04. The number of ether oxygens (including phenoxy) is 4. The average molecular weight is 499 g/mol. The summed E-state index contributed by atoms with van der Waals surface area (Å²) in [5.74, 6) is -2.61. The number of rotatable bonds is 7. The molecule has 0 radical (unpaired) electrons. The van der Waals surface area contributed by atoms with Gasteiger partial charge in [-0.1, -0.05) is 30.3 Å². The lowest BCUT2D eigenvalue weighted by Crippen LogP contribution is -2.46. The van der Waals surface area contributed by atoms with E-state index in [4.69, 9.17) is 18.9 Å². The second kappa shape index (κ2) is 11.4.